The van der Waals surface area contributed by atoms with Crippen molar-refractivity contribution in [2.75, 3.05) is 11.9 Å². The highest BCUT2D eigenvalue weighted by atomic mass is 79.9. The highest BCUT2D eigenvalue weighted by Crippen LogP contribution is 2.26. The zero-order chi connectivity index (χ0) is 14.8. The molecule has 0 fully saturated rings. The zero-order valence-corrected chi connectivity index (χ0v) is 13.6. The zero-order valence-electron chi connectivity index (χ0n) is 11.2. The molecule has 5 heteroatoms. The molecule has 1 aliphatic rings. The average molecular weight is 366 g/mol. The van der Waals surface area contributed by atoms with Crippen LogP contribution in [-0.2, 0) is 13.0 Å². The molecule has 0 aromatic heterocycles. The summed E-state index contributed by atoms with van der Waals surface area (Å²) in [5, 5.41) is 6.87. The molecule has 2 N–H and O–H groups in total. The Hall–Kier alpha value is -1.36. The number of hydrogen-bond acceptors (Lipinski definition) is 2. The van der Waals surface area contributed by atoms with E-state index >= 15 is 0 Å². The number of carbonyl (C=O) groups excluding carboxylic acids is 1. The smallest absolute Gasteiger partial charge is 0.255 e. The van der Waals surface area contributed by atoms with Gasteiger partial charge in [0.2, 0.25) is 0 Å². The molecule has 0 spiro atoms. The predicted octanol–water partition coefficient (Wildman–Crippen LogP) is 4.00. The number of halogens is 2. The van der Waals surface area contributed by atoms with Gasteiger partial charge in [-0.05, 0) is 64.3 Å². The SMILES string of the molecule is O=C(Nc1ccc(Cl)c(Br)c1)c1cccc2c1CCNC2. The fourth-order valence-electron chi connectivity index (χ4n) is 2.52. The third kappa shape index (κ3) is 3.12. The van der Waals surface area contributed by atoms with Crippen molar-refractivity contribution in [3.63, 3.8) is 0 Å². The van der Waals surface area contributed by atoms with Crippen LogP contribution in [0.5, 0.6) is 0 Å². The van der Waals surface area contributed by atoms with Gasteiger partial charge in [-0.15, -0.1) is 0 Å². The lowest BCUT2D eigenvalue weighted by molar-refractivity contribution is 0.102. The van der Waals surface area contributed by atoms with Crippen LogP contribution >= 0.6 is 27.5 Å². The molecule has 3 nitrogen and oxygen atoms in total. The van der Waals surface area contributed by atoms with Crippen molar-refractivity contribution >= 4 is 39.1 Å². The van der Waals surface area contributed by atoms with Crippen molar-refractivity contribution in [3.05, 3.63) is 62.6 Å². The Morgan fingerprint density at radius 2 is 2.14 bits per heavy atom. The number of benzene rings is 2. The maximum absolute atomic E-state index is 12.5. The average Bonchev–Trinajstić information content (AvgIpc) is 2.50. The van der Waals surface area contributed by atoms with E-state index in [1.165, 1.54) is 5.56 Å². The quantitative estimate of drug-likeness (QED) is 0.844. The Labute approximate surface area is 136 Å². The summed E-state index contributed by atoms with van der Waals surface area (Å²) < 4.78 is 0.765. The topological polar surface area (TPSA) is 41.1 Å². The first kappa shape index (κ1) is 14.6. The standard InChI is InChI=1S/C16H14BrClN2O/c17-14-8-11(4-5-15(14)18)20-16(21)13-3-1-2-10-9-19-7-6-12(10)13/h1-5,8,19H,6-7,9H2,(H,20,21). The fourth-order valence-corrected chi connectivity index (χ4v) is 3.01. The monoisotopic (exact) mass is 364 g/mol. The summed E-state index contributed by atoms with van der Waals surface area (Å²) in [5.74, 6) is -0.0806. The van der Waals surface area contributed by atoms with Crippen LogP contribution < -0.4 is 10.6 Å². The normalized spacial score (nSPS) is 13.6. The molecule has 2 aromatic carbocycles. The number of anilines is 1. The molecule has 0 bridgehead atoms. The lowest BCUT2D eigenvalue weighted by Crippen LogP contribution is -2.26. The second-order valence-corrected chi connectivity index (χ2v) is 6.21. The van der Waals surface area contributed by atoms with Gasteiger partial charge in [0.25, 0.3) is 5.91 Å². The molecular formula is C16H14BrClN2O. The second kappa shape index (κ2) is 6.18. The molecule has 3 rings (SSSR count). The van der Waals surface area contributed by atoms with Gasteiger partial charge < -0.3 is 10.6 Å². The van der Waals surface area contributed by atoms with E-state index in [2.05, 4.69) is 32.6 Å². The number of amides is 1. The van der Waals surface area contributed by atoms with E-state index in [4.69, 9.17) is 11.6 Å². The van der Waals surface area contributed by atoms with Crippen molar-refractivity contribution in [3.8, 4) is 0 Å². The summed E-state index contributed by atoms with van der Waals surface area (Å²) in [6.07, 6.45) is 0.878. The summed E-state index contributed by atoms with van der Waals surface area (Å²) in [5.41, 5.74) is 3.82. The van der Waals surface area contributed by atoms with Crippen molar-refractivity contribution in [1.29, 1.82) is 0 Å². The fraction of sp³-hybridized carbons (Fsp3) is 0.188. The highest BCUT2D eigenvalue weighted by molar-refractivity contribution is 9.10. The summed E-state index contributed by atoms with van der Waals surface area (Å²) in [4.78, 5) is 12.5. The number of nitrogens with one attached hydrogen (secondary N) is 2. The van der Waals surface area contributed by atoms with Gasteiger partial charge in [-0.3, -0.25) is 4.79 Å². The molecule has 0 aliphatic carbocycles. The van der Waals surface area contributed by atoms with E-state index in [0.29, 0.717) is 5.02 Å². The Morgan fingerprint density at radius 3 is 2.95 bits per heavy atom. The van der Waals surface area contributed by atoms with E-state index in [-0.39, 0.29) is 5.91 Å². The first-order valence-electron chi connectivity index (χ1n) is 6.73. The molecule has 108 valence electrons. The molecular weight excluding hydrogens is 352 g/mol. The van der Waals surface area contributed by atoms with Crippen molar-refractivity contribution in [2.24, 2.45) is 0 Å². The first-order valence-corrected chi connectivity index (χ1v) is 7.90. The minimum atomic E-state index is -0.0806. The van der Waals surface area contributed by atoms with Crippen LogP contribution in [0.15, 0.2) is 40.9 Å². The van der Waals surface area contributed by atoms with Gasteiger partial charge in [-0.1, -0.05) is 23.7 Å². The predicted molar refractivity (Wildman–Crippen MR) is 89.0 cm³/mol. The lowest BCUT2D eigenvalue weighted by atomic mass is 9.95. The van der Waals surface area contributed by atoms with Crippen LogP contribution in [0.4, 0.5) is 5.69 Å². The molecule has 0 saturated carbocycles. The molecule has 1 amide bonds. The van der Waals surface area contributed by atoms with E-state index in [1.807, 2.05) is 12.1 Å². The van der Waals surface area contributed by atoms with Crippen LogP contribution in [-0.4, -0.2) is 12.5 Å². The number of rotatable bonds is 2. The van der Waals surface area contributed by atoms with E-state index in [9.17, 15) is 4.79 Å². The maximum atomic E-state index is 12.5. The molecule has 1 aliphatic heterocycles. The highest BCUT2D eigenvalue weighted by Gasteiger charge is 2.17. The van der Waals surface area contributed by atoms with E-state index < -0.39 is 0 Å². The van der Waals surface area contributed by atoms with Crippen molar-refractivity contribution in [2.45, 2.75) is 13.0 Å². The molecule has 1 heterocycles. The lowest BCUT2D eigenvalue weighted by Gasteiger charge is -2.20. The van der Waals surface area contributed by atoms with Gasteiger partial charge in [0.1, 0.15) is 0 Å². The first-order chi connectivity index (χ1) is 10.1. The van der Waals surface area contributed by atoms with E-state index in [0.717, 1.165) is 40.8 Å². The van der Waals surface area contributed by atoms with Crippen molar-refractivity contribution in [1.82, 2.24) is 5.32 Å². The Kier molecular flexibility index (Phi) is 4.29. The summed E-state index contributed by atoms with van der Waals surface area (Å²) in [6.45, 7) is 1.73. The molecule has 0 saturated heterocycles. The van der Waals surface area contributed by atoms with Crippen LogP contribution in [0.2, 0.25) is 5.02 Å². The summed E-state index contributed by atoms with van der Waals surface area (Å²) >= 11 is 9.32. The Balaban J connectivity index is 1.87. The van der Waals surface area contributed by atoms with Crippen LogP contribution in [0.1, 0.15) is 21.5 Å². The van der Waals surface area contributed by atoms with Gasteiger partial charge in [0, 0.05) is 22.3 Å². The summed E-state index contributed by atoms with van der Waals surface area (Å²) in [7, 11) is 0. The molecule has 0 radical (unpaired) electrons. The van der Waals surface area contributed by atoms with Crippen LogP contribution in [0.25, 0.3) is 0 Å². The van der Waals surface area contributed by atoms with Gasteiger partial charge in [0.05, 0.1) is 5.02 Å². The third-order valence-corrected chi connectivity index (χ3v) is 4.78. The van der Waals surface area contributed by atoms with Gasteiger partial charge in [-0.2, -0.15) is 0 Å². The third-order valence-electron chi connectivity index (χ3n) is 3.56. The maximum Gasteiger partial charge on any atom is 0.255 e. The van der Waals surface area contributed by atoms with Crippen LogP contribution in [0.3, 0.4) is 0 Å². The summed E-state index contributed by atoms with van der Waals surface area (Å²) in [6, 6.07) is 11.2. The van der Waals surface area contributed by atoms with Gasteiger partial charge in [-0.25, -0.2) is 0 Å². The minimum absolute atomic E-state index is 0.0806. The number of hydrogen-bond donors (Lipinski definition) is 2. The van der Waals surface area contributed by atoms with E-state index in [1.54, 1.807) is 18.2 Å². The Bertz CT molecular complexity index is 703. The Morgan fingerprint density at radius 1 is 1.29 bits per heavy atom. The largest absolute Gasteiger partial charge is 0.322 e. The minimum Gasteiger partial charge on any atom is -0.322 e. The molecule has 2 aromatic rings. The van der Waals surface area contributed by atoms with Crippen LogP contribution in [0, 0.1) is 0 Å². The molecule has 21 heavy (non-hydrogen) atoms. The molecule has 0 unspecified atom stereocenters. The number of fused-ring (bicyclic) bond motifs is 1. The number of carbonyl (C=O) groups is 1. The van der Waals surface area contributed by atoms with Crippen molar-refractivity contribution < 1.29 is 4.79 Å². The van der Waals surface area contributed by atoms with Gasteiger partial charge >= 0.3 is 0 Å². The van der Waals surface area contributed by atoms with Gasteiger partial charge in [0.15, 0.2) is 0 Å². The molecule has 0 atom stereocenters. The second-order valence-electron chi connectivity index (χ2n) is 4.95.